The fraction of sp³-hybridized carbons (Fsp3) is 0.294. The molecule has 2 amide bonds. The summed E-state index contributed by atoms with van der Waals surface area (Å²) in [6, 6.07) is 7.06. The van der Waals surface area contributed by atoms with Gasteiger partial charge >= 0.3 is 0 Å². The van der Waals surface area contributed by atoms with Gasteiger partial charge in [-0.1, -0.05) is 0 Å². The third-order valence-corrected chi connectivity index (χ3v) is 4.14. The first-order chi connectivity index (χ1) is 11.7. The lowest BCUT2D eigenvalue weighted by Crippen LogP contribution is -2.27. The van der Waals surface area contributed by atoms with E-state index < -0.39 is 0 Å². The van der Waals surface area contributed by atoms with Gasteiger partial charge in [0.1, 0.15) is 0 Å². The van der Waals surface area contributed by atoms with E-state index in [0.29, 0.717) is 36.0 Å². The smallest absolute Gasteiger partial charge is 0.252 e. The van der Waals surface area contributed by atoms with E-state index in [2.05, 4.69) is 10.6 Å². The highest BCUT2D eigenvalue weighted by molar-refractivity contribution is 7.08. The molecule has 1 aromatic heterocycles. The van der Waals surface area contributed by atoms with E-state index in [1.807, 2.05) is 5.38 Å². The Balaban J connectivity index is 1.48. The standard InChI is InChI=1S/C17H18N2O4S/c20-16(4-6-18-17(21)12-5-9-24-11-12)19-13-2-3-14-15(10-13)23-8-1-7-22-14/h2-3,5,9-11H,1,4,6-8H2,(H,18,21)(H,19,20). The molecule has 0 bridgehead atoms. The lowest BCUT2D eigenvalue weighted by molar-refractivity contribution is -0.116. The van der Waals surface area contributed by atoms with Crippen molar-refractivity contribution in [3.63, 3.8) is 0 Å². The molecule has 2 heterocycles. The first-order valence-electron chi connectivity index (χ1n) is 7.72. The van der Waals surface area contributed by atoms with Gasteiger partial charge in [0.2, 0.25) is 5.91 Å². The zero-order valence-corrected chi connectivity index (χ0v) is 13.9. The number of thiophene rings is 1. The van der Waals surface area contributed by atoms with Crippen molar-refractivity contribution >= 4 is 28.8 Å². The number of rotatable bonds is 5. The molecule has 2 aromatic rings. The van der Waals surface area contributed by atoms with Crippen LogP contribution in [0.3, 0.4) is 0 Å². The van der Waals surface area contributed by atoms with Crippen LogP contribution in [0.15, 0.2) is 35.0 Å². The van der Waals surface area contributed by atoms with Gasteiger partial charge in [-0.25, -0.2) is 0 Å². The summed E-state index contributed by atoms with van der Waals surface area (Å²) < 4.78 is 11.1. The molecular formula is C17H18N2O4S. The van der Waals surface area contributed by atoms with E-state index in [0.717, 1.165) is 6.42 Å². The van der Waals surface area contributed by atoms with Crippen molar-refractivity contribution in [3.05, 3.63) is 40.6 Å². The summed E-state index contributed by atoms with van der Waals surface area (Å²) in [5.41, 5.74) is 1.26. The van der Waals surface area contributed by atoms with Gasteiger partial charge < -0.3 is 20.1 Å². The van der Waals surface area contributed by atoms with Gasteiger partial charge in [0.25, 0.3) is 5.91 Å². The third kappa shape index (κ3) is 4.26. The first-order valence-corrected chi connectivity index (χ1v) is 8.66. The van der Waals surface area contributed by atoms with E-state index in [1.165, 1.54) is 11.3 Å². The van der Waals surface area contributed by atoms with Crippen LogP contribution in [0.25, 0.3) is 0 Å². The molecule has 0 radical (unpaired) electrons. The van der Waals surface area contributed by atoms with Crippen LogP contribution in [0.2, 0.25) is 0 Å². The first kappa shape index (κ1) is 16.3. The topological polar surface area (TPSA) is 76.7 Å². The summed E-state index contributed by atoms with van der Waals surface area (Å²) in [5, 5.41) is 9.13. The van der Waals surface area contributed by atoms with E-state index >= 15 is 0 Å². The van der Waals surface area contributed by atoms with Gasteiger partial charge in [-0.2, -0.15) is 11.3 Å². The lowest BCUT2D eigenvalue weighted by atomic mass is 10.2. The monoisotopic (exact) mass is 346 g/mol. The van der Waals surface area contributed by atoms with Gasteiger partial charge in [0.15, 0.2) is 11.5 Å². The van der Waals surface area contributed by atoms with Crippen LogP contribution in [0, 0.1) is 0 Å². The predicted molar refractivity (Wildman–Crippen MR) is 91.9 cm³/mol. The van der Waals surface area contributed by atoms with Gasteiger partial charge in [-0.05, 0) is 23.6 Å². The third-order valence-electron chi connectivity index (χ3n) is 3.45. The predicted octanol–water partition coefficient (Wildman–Crippen LogP) is 2.67. The largest absolute Gasteiger partial charge is 0.490 e. The summed E-state index contributed by atoms with van der Waals surface area (Å²) >= 11 is 1.46. The van der Waals surface area contributed by atoms with Crippen molar-refractivity contribution in [1.82, 2.24) is 5.32 Å². The number of benzene rings is 1. The van der Waals surface area contributed by atoms with E-state index in [4.69, 9.17) is 9.47 Å². The van der Waals surface area contributed by atoms with Crippen molar-refractivity contribution < 1.29 is 19.1 Å². The minimum atomic E-state index is -0.171. The fourth-order valence-electron chi connectivity index (χ4n) is 2.25. The highest BCUT2D eigenvalue weighted by Gasteiger charge is 2.12. The molecule has 0 saturated carbocycles. The van der Waals surface area contributed by atoms with E-state index in [1.54, 1.807) is 29.6 Å². The zero-order chi connectivity index (χ0) is 16.8. The average Bonchev–Trinajstić information content (AvgIpc) is 3.01. The molecule has 1 aliphatic rings. The molecule has 7 heteroatoms. The van der Waals surface area contributed by atoms with Crippen molar-refractivity contribution in [3.8, 4) is 11.5 Å². The Kier molecular flexibility index (Phi) is 5.32. The van der Waals surface area contributed by atoms with Gasteiger partial charge in [-0.3, -0.25) is 9.59 Å². The molecule has 0 spiro atoms. The molecule has 2 N–H and O–H groups in total. The van der Waals surface area contributed by atoms with E-state index in [9.17, 15) is 9.59 Å². The molecule has 1 aliphatic heterocycles. The molecule has 0 saturated heterocycles. The van der Waals surface area contributed by atoms with E-state index in [-0.39, 0.29) is 24.8 Å². The fourth-order valence-corrected chi connectivity index (χ4v) is 2.89. The molecule has 0 fully saturated rings. The van der Waals surface area contributed by atoms with Crippen molar-refractivity contribution in [2.75, 3.05) is 25.1 Å². The molecule has 1 aromatic carbocycles. The summed E-state index contributed by atoms with van der Waals surface area (Å²) in [6.45, 7) is 1.51. The molecule has 24 heavy (non-hydrogen) atoms. The van der Waals surface area contributed by atoms with Crippen LogP contribution in [-0.4, -0.2) is 31.6 Å². The van der Waals surface area contributed by atoms with Crippen LogP contribution < -0.4 is 20.1 Å². The molecule has 126 valence electrons. The highest BCUT2D eigenvalue weighted by atomic mass is 32.1. The second-order valence-corrected chi connectivity index (χ2v) is 6.06. The van der Waals surface area contributed by atoms with Crippen molar-refractivity contribution in [1.29, 1.82) is 0 Å². The number of hydrogen-bond donors (Lipinski definition) is 2. The Morgan fingerprint density at radius 1 is 1.12 bits per heavy atom. The van der Waals surface area contributed by atoms with Crippen LogP contribution in [0.4, 0.5) is 5.69 Å². The Morgan fingerprint density at radius 3 is 2.75 bits per heavy atom. The van der Waals surface area contributed by atoms with Crippen LogP contribution in [0.5, 0.6) is 11.5 Å². The molecule has 3 rings (SSSR count). The Bertz CT molecular complexity index is 715. The molecule has 0 unspecified atom stereocenters. The number of anilines is 1. The minimum absolute atomic E-state index is 0.167. The van der Waals surface area contributed by atoms with Gasteiger partial charge in [-0.15, -0.1) is 0 Å². The zero-order valence-electron chi connectivity index (χ0n) is 13.0. The summed E-state index contributed by atoms with van der Waals surface area (Å²) in [7, 11) is 0. The minimum Gasteiger partial charge on any atom is -0.490 e. The number of ether oxygens (including phenoxy) is 2. The quantitative estimate of drug-likeness (QED) is 0.873. The van der Waals surface area contributed by atoms with Gasteiger partial charge in [0.05, 0.1) is 13.2 Å². The number of amides is 2. The van der Waals surface area contributed by atoms with Crippen molar-refractivity contribution in [2.24, 2.45) is 0 Å². The maximum atomic E-state index is 12.0. The second kappa shape index (κ2) is 7.83. The maximum Gasteiger partial charge on any atom is 0.252 e. The van der Waals surface area contributed by atoms with Gasteiger partial charge in [0, 0.05) is 42.1 Å². The number of hydrogen-bond acceptors (Lipinski definition) is 5. The van der Waals surface area contributed by atoms with Crippen LogP contribution >= 0.6 is 11.3 Å². The highest BCUT2D eigenvalue weighted by Crippen LogP contribution is 2.32. The average molecular weight is 346 g/mol. The summed E-state index contributed by atoms with van der Waals surface area (Å²) in [5.74, 6) is 0.985. The second-order valence-electron chi connectivity index (χ2n) is 5.28. The molecule has 6 nitrogen and oxygen atoms in total. The molecular weight excluding hydrogens is 328 g/mol. The normalized spacial score (nSPS) is 13.0. The van der Waals surface area contributed by atoms with Crippen LogP contribution in [-0.2, 0) is 4.79 Å². The lowest BCUT2D eigenvalue weighted by Gasteiger charge is -2.10. The van der Waals surface area contributed by atoms with Crippen LogP contribution in [0.1, 0.15) is 23.2 Å². The number of nitrogens with one attached hydrogen (secondary N) is 2. The number of carbonyl (C=O) groups is 2. The summed E-state index contributed by atoms with van der Waals surface area (Å²) in [6.07, 6.45) is 1.03. The maximum absolute atomic E-state index is 12.0. The number of fused-ring (bicyclic) bond motifs is 1. The SMILES string of the molecule is O=C(CCNC(=O)c1ccsc1)Nc1ccc2c(c1)OCCCO2. The molecule has 0 atom stereocenters. The Hall–Kier alpha value is -2.54. The Labute approximate surface area is 143 Å². The summed E-state index contributed by atoms with van der Waals surface area (Å²) in [4.78, 5) is 23.8. The Morgan fingerprint density at radius 2 is 1.96 bits per heavy atom. The van der Waals surface area contributed by atoms with Crippen molar-refractivity contribution in [2.45, 2.75) is 12.8 Å². The number of carbonyl (C=O) groups excluding carboxylic acids is 2. The molecule has 0 aliphatic carbocycles.